The number of hydrogen-bond donors (Lipinski definition) is 1. The molecule has 2 rings (SSSR count). The van der Waals surface area contributed by atoms with Gasteiger partial charge in [-0.15, -0.1) is 0 Å². The largest absolute Gasteiger partial charge is 0.381 e. The smallest absolute Gasteiger partial charge is 0.231 e. The molecule has 1 heterocycles. The third kappa shape index (κ3) is 3.76. The normalized spacial score (nSPS) is 25.4. The van der Waals surface area contributed by atoms with Gasteiger partial charge >= 0.3 is 0 Å². The summed E-state index contributed by atoms with van der Waals surface area (Å²) in [5.41, 5.74) is 0. The number of ether oxygens (including phenoxy) is 1. The Morgan fingerprint density at radius 2 is 2.21 bits per heavy atom. The topological polar surface area (TPSA) is 60.2 Å². The van der Waals surface area contributed by atoms with Crippen LogP contribution < -0.4 is 5.32 Å². The molecule has 0 saturated heterocycles. The minimum Gasteiger partial charge on any atom is -0.381 e. The highest BCUT2D eigenvalue weighted by Crippen LogP contribution is 2.32. The molecule has 1 aliphatic rings. The molecule has 3 unspecified atom stereocenters. The quantitative estimate of drug-likeness (QED) is 0.857. The van der Waals surface area contributed by atoms with Crippen molar-refractivity contribution in [2.24, 2.45) is 0 Å². The predicted octanol–water partition coefficient (Wildman–Crippen LogP) is 2.28. The first kappa shape index (κ1) is 14.5. The van der Waals surface area contributed by atoms with Crippen molar-refractivity contribution in [1.82, 2.24) is 15.5 Å². The first-order chi connectivity index (χ1) is 9.24. The average molecular weight is 267 g/mol. The molecule has 0 aliphatic heterocycles. The van der Waals surface area contributed by atoms with E-state index in [4.69, 9.17) is 9.26 Å². The van der Waals surface area contributed by atoms with E-state index in [1.165, 1.54) is 19.3 Å². The van der Waals surface area contributed by atoms with E-state index in [0.717, 1.165) is 24.7 Å². The molecule has 1 aliphatic carbocycles. The summed E-state index contributed by atoms with van der Waals surface area (Å²) in [4.78, 5) is 4.56. The summed E-state index contributed by atoms with van der Waals surface area (Å²) in [7, 11) is 1.70. The van der Waals surface area contributed by atoms with E-state index >= 15 is 0 Å². The summed E-state index contributed by atoms with van der Waals surface area (Å²) in [6.45, 7) is 5.14. The van der Waals surface area contributed by atoms with Crippen LogP contribution in [0.15, 0.2) is 4.52 Å². The fraction of sp³-hybridized carbons (Fsp3) is 0.857. The van der Waals surface area contributed by atoms with Crippen LogP contribution in [0.4, 0.5) is 0 Å². The van der Waals surface area contributed by atoms with Gasteiger partial charge in [-0.05, 0) is 26.3 Å². The van der Waals surface area contributed by atoms with Crippen molar-refractivity contribution in [3.63, 3.8) is 0 Å². The van der Waals surface area contributed by atoms with Crippen LogP contribution >= 0.6 is 0 Å². The Kier molecular flexibility index (Phi) is 5.34. The third-order valence-corrected chi connectivity index (χ3v) is 3.91. The summed E-state index contributed by atoms with van der Waals surface area (Å²) in [6, 6.07) is 0.479. The average Bonchev–Trinajstić information content (AvgIpc) is 2.88. The van der Waals surface area contributed by atoms with Crippen LogP contribution in [0, 0.1) is 0 Å². The van der Waals surface area contributed by atoms with E-state index in [-0.39, 0.29) is 6.10 Å². The maximum absolute atomic E-state index is 5.47. The molecule has 0 radical (unpaired) electrons. The van der Waals surface area contributed by atoms with Crippen LogP contribution in [0.1, 0.15) is 57.2 Å². The first-order valence-electron chi connectivity index (χ1n) is 7.33. The number of aromatic nitrogens is 2. The second kappa shape index (κ2) is 7.01. The fourth-order valence-corrected chi connectivity index (χ4v) is 2.77. The molecule has 3 atom stereocenters. The number of nitrogens with zero attached hydrogens (tertiary/aromatic N) is 2. The van der Waals surface area contributed by atoms with Crippen LogP contribution in [0.2, 0.25) is 0 Å². The lowest BCUT2D eigenvalue weighted by molar-refractivity contribution is 0.116. The lowest BCUT2D eigenvalue weighted by Crippen LogP contribution is -2.37. The minimum absolute atomic E-state index is 0.126. The van der Waals surface area contributed by atoms with Gasteiger partial charge in [-0.2, -0.15) is 4.98 Å². The van der Waals surface area contributed by atoms with Crippen molar-refractivity contribution in [1.29, 1.82) is 0 Å². The summed E-state index contributed by atoms with van der Waals surface area (Å²) in [5, 5.41) is 7.62. The summed E-state index contributed by atoms with van der Waals surface area (Å²) in [5.74, 6) is 1.92. The molecule has 0 aromatic carbocycles. The zero-order chi connectivity index (χ0) is 13.7. The number of hydrogen-bond acceptors (Lipinski definition) is 5. The standard InChI is InChI=1S/C14H25N3O2/c1-4-15-12-8-6-5-7-11(12)14-16-13(17-19-14)9-10(2)18-3/h10-12,15H,4-9H2,1-3H3. The number of methoxy groups -OCH3 is 1. The Morgan fingerprint density at radius 3 is 2.95 bits per heavy atom. The zero-order valence-corrected chi connectivity index (χ0v) is 12.2. The van der Waals surface area contributed by atoms with E-state index in [1.807, 2.05) is 6.92 Å². The molecule has 5 nitrogen and oxygen atoms in total. The van der Waals surface area contributed by atoms with Gasteiger partial charge in [0.05, 0.1) is 12.0 Å². The summed E-state index contributed by atoms with van der Waals surface area (Å²) < 4.78 is 10.7. The highest BCUT2D eigenvalue weighted by atomic mass is 16.5. The van der Waals surface area contributed by atoms with Crippen LogP contribution in [-0.4, -0.2) is 35.9 Å². The van der Waals surface area contributed by atoms with Gasteiger partial charge in [-0.1, -0.05) is 24.9 Å². The van der Waals surface area contributed by atoms with Crippen molar-refractivity contribution in [3.05, 3.63) is 11.7 Å². The van der Waals surface area contributed by atoms with E-state index in [0.29, 0.717) is 18.4 Å². The van der Waals surface area contributed by atoms with Crippen molar-refractivity contribution in [2.75, 3.05) is 13.7 Å². The molecule has 1 saturated carbocycles. The molecule has 5 heteroatoms. The van der Waals surface area contributed by atoms with Gasteiger partial charge in [-0.25, -0.2) is 0 Å². The molecule has 1 aromatic heterocycles. The summed E-state index contributed by atoms with van der Waals surface area (Å²) >= 11 is 0. The lowest BCUT2D eigenvalue weighted by Gasteiger charge is -2.29. The van der Waals surface area contributed by atoms with Crippen molar-refractivity contribution in [3.8, 4) is 0 Å². The van der Waals surface area contributed by atoms with E-state index < -0.39 is 0 Å². The van der Waals surface area contributed by atoms with Gasteiger partial charge in [-0.3, -0.25) is 0 Å². The van der Waals surface area contributed by atoms with Crippen LogP contribution in [0.3, 0.4) is 0 Å². The molecule has 19 heavy (non-hydrogen) atoms. The fourth-order valence-electron chi connectivity index (χ4n) is 2.77. The maximum Gasteiger partial charge on any atom is 0.231 e. The Bertz CT molecular complexity index is 379. The van der Waals surface area contributed by atoms with Gasteiger partial charge in [0.2, 0.25) is 5.89 Å². The lowest BCUT2D eigenvalue weighted by atomic mass is 9.84. The highest BCUT2D eigenvalue weighted by molar-refractivity contribution is 5.01. The van der Waals surface area contributed by atoms with E-state index in [1.54, 1.807) is 7.11 Å². The number of nitrogens with one attached hydrogen (secondary N) is 1. The van der Waals surface area contributed by atoms with E-state index in [2.05, 4.69) is 22.4 Å². The molecular weight excluding hydrogens is 242 g/mol. The number of rotatable bonds is 6. The Morgan fingerprint density at radius 1 is 1.42 bits per heavy atom. The molecule has 108 valence electrons. The van der Waals surface area contributed by atoms with Gasteiger partial charge < -0.3 is 14.6 Å². The summed E-state index contributed by atoms with van der Waals surface area (Å²) in [6.07, 6.45) is 5.71. The first-order valence-corrected chi connectivity index (χ1v) is 7.33. The SMILES string of the molecule is CCNC1CCCCC1c1nc(CC(C)OC)no1. The van der Waals surface area contributed by atoms with Crippen molar-refractivity contribution >= 4 is 0 Å². The molecular formula is C14H25N3O2. The zero-order valence-electron chi connectivity index (χ0n) is 12.2. The van der Waals surface area contributed by atoms with Gasteiger partial charge in [0, 0.05) is 19.6 Å². The monoisotopic (exact) mass is 267 g/mol. The molecule has 0 bridgehead atoms. The van der Waals surface area contributed by atoms with Crippen molar-refractivity contribution < 1.29 is 9.26 Å². The Hall–Kier alpha value is -0.940. The van der Waals surface area contributed by atoms with Crippen LogP contribution in [-0.2, 0) is 11.2 Å². The third-order valence-electron chi connectivity index (χ3n) is 3.91. The minimum atomic E-state index is 0.126. The van der Waals surface area contributed by atoms with Crippen molar-refractivity contribution in [2.45, 2.75) is 64.0 Å². The Balaban J connectivity index is 2.03. The number of likely N-dealkylation sites (N-methyl/N-ethyl adjacent to an activating group) is 1. The maximum atomic E-state index is 5.47. The molecule has 1 N–H and O–H groups in total. The second-order valence-corrected chi connectivity index (χ2v) is 5.35. The Labute approximate surface area is 115 Å². The molecule has 1 aromatic rings. The van der Waals surface area contributed by atoms with Gasteiger partial charge in [0.1, 0.15) is 0 Å². The molecule has 0 spiro atoms. The second-order valence-electron chi connectivity index (χ2n) is 5.35. The predicted molar refractivity (Wildman–Crippen MR) is 73.1 cm³/mol. The van der Waals surface area contributed by atoms with Crippen LogP contribution in [0.5, 0.6) is 0 Å². The van der Waals surface area contributed by atoms with Gasteiger partial charge in [0.25, 0.3) is 0 Å². The van der Waals surface area contributed by atoms with E-state index in [9.17, 15) is 0 Å². The van der Waals surface area contributed by atoms with Gasteiger partial charge in [0.15, 0.2) is 5.82 Å². The molecule has 1 fully saturated rings. The molecule has 0 amide bonds. The van der Waals surface area contributed by atoms with Crippen LogP contribution in [0.25, 0.3) is 0 Å². The highest BCUT2D eigenvalue weighted by Gasteiger charge is 2.30.